The maximum atomic E-state index is 13.8. The number of aromatic nitrogens is 3. The minimum Gasteiger partial charge on any atom is -0.496 e. The quantitative estimate of drug-likeness (QED) is 0.491. The molecule has 1 N–H and O–H groups in total. The van der Waals surface area contributed by atoms with Gasteiger partial charge in [-0.2, -0.15) is 26.3 Å². The van der Waals surface area contributed by atoms with Gasteiger partial charge in [0.1, 0.15) is 18.0 Å². The molecule has 0 saturated carbocycles. The van der Waals surface area contributed by atoms with Crippen LogP contribution >= 0.6 is 0 Å². The van der Waals surface area contributed by atoms with Crippen LogP contribution in [0.2, 0.25) is 0 Å². The van der Waals surface area contributed by atoms with E-state index in [0.29, 0.717) is 28.0 Å². The fourth-order valence-electron chi connectivity index (χ4n) is 4.04. The van der Waals surface area contributed by atoms with Crippen LogP contribution in [0.4, 0.5) is 26.3 Å². The molecule has 186 valence electrons. The zero-order chi connectivity index (χ0) is 25.7. The molecule has 0 amide bonds. The molecule has 1 aliphatic heterocycles. The molecule has 0 saturated heterocycles. The third kappa shape index (κ3) is 4.43. The van der Waals surface area contributed by atoms with E-state index in [0.717, 1.165) is 6.07 Å². The van der Waals surface area contributed by atoms with Gasteiger partial charge in [0.15, 0.2) is 5.82 Å². The van der Waals surface area contributed by atoms with E-state index in [2.05, 4.69) is 10.2 Å². The smallest absolute Gasteiger partial charge is 0.452 e. The zero-order valence-corrected chi connectivity index (χ0v) is 18.1. The lowest BCUT2D eigenvalue weighted by molar-refractivity contribution is -0.146. The summed E-state index contributed by atoms with van der Waals surface area (Å²) in [5.74, 6) is -3.07. The molecule has 3 aromatic rings. The van der Waals surface area contributed by atoms with E-state index in [1.807, 2.05) is 0 Å². The Labute approximate surface area is 193 Å². The van der Waals surface area contributed by atoms with Gasteiger partial charge in [0.25, 0.3) is 0 Å². The van der Waals surface area contributed by atoms with Crippen molar-refractivity contribution in [3.05, 3.63) is 70.3 Å². The van der Waals surface area contributed by atoms with E-state index < -0.39 is 54.2 Å². The minimum absolute atomic E-state index is 0.268. The lowest BCUT2D eigenvalue weighted by atomic mass is 9.94. The Morgan fingerprint density at radius 3 is 2.40 bits per heavy atom. The largest absolute Gasteiger partial charge is 0.496 e. The van der Waals surface area contributed by atoms with Gasteiger partial charge in [0.05, 0.1) is 24.8 Å². The van der Waals surface area contributed by atoms with Crippen LogP contribution in [0.1, 0.15) is 52.5 Å². The molecule has 0 bridgehead atoms. The average molecular weight is 501 g/mol. The first-order valence-electron chi connectivity index (χ1n) is 10.1. The molecule has 7 nitrogen and oxygen atoms in total. The summed E-state index contributed by atoms with van der Waals surface area (Å²) in [7, 11) is 1.37. The predicted octanol–water partition coefficient (Wildman–Crippen LogP) is 5.26. The number of alkyl halides is 6. The van der Waals surface area contributed by atoms with E-state index in [1.54, 1.807) is 13.0 Å². The van der Waals surface area contributed by atoms with Gasteiger partial charge in [-0.15, -0.1) is 10.2 Å². The van der Waals surface area contributed by atoms with Crippen LogP contribution in [0, 0.1) is 6.92 Å². The van der Waals surface area contributed by atoms with Crippen LogP contribution in [-0.2, 0) is 21.9 Å². The molecular formula is C22H17F6N3O4. The van der Waals surface area contributed by atoms with Crippen molar-refractivity contribution < 1.29 is 45.7 Å². The average Bonchev–Trinajstić information content (AvgIpc) is 3.17. The third-order valence-corrected chi connectivity index (χ3v) is 5.60. The van der Waals surface area contributed by atoms with Gasteiger partial charge < -0.3 is 14.6 Å². The van der Waals surface area contributed by atoms with Gasteiger partial charge in [-0.25, -0.2) is 0 Å². The van der Waals surface area contributed by atoms with Gasteiger partial charge >= 0.3 is 18.3 Å². The van der Waals surface area contributed by atoms with Crippen molar-refractivity contribution in [3.63, 3.8) is 0 Å². The number of hydrogen-bond donors (Lipinski definition) is 1. The number of carbonyl (C=O) groups is 1. The normalized spacial score (nSPS) is 17.9. The summed E-state index contributed by atoms with van der Waals surface area (Å²) in [6.07, 6.45) is -13.6. The van der Waals surface area contributed by atoms with E-state index >= 15 is 0 Å². The Hall–Kier alpha value is -3.61. The number of carboxylic acids is 1. The second-order valence-electron chi connectivity index (χ2n) is 7.76. The maximum absolute atomic E-state index is 13.8. The van der Waals surface area contributed by atoms with Crippen molar-refractivity contribution in [2.45, 2.75) is 37.9 Å². The number of ether oxygens (including phenoxy) is 2. The van der Waals surface area contributed by atoms with Crippen LogP contribution in [0.15, 0.2) is 36.4 Å². The number of aliphatic carboxylic acids is 1. The van der Waals surface area contributed by atoms with Crippen LogP contribution in [0.5, 0.6) is 5.75 Å². The molecule has 13 heteroatoms. The van der Waals surface area contributed by atoms with Gasteiger partial charge in [-0.1, -0.05) is 12.1 Å². The van der Waals surface area contributed by atoms with Crippen molar-refractivity contribution in [2.24, 2.45) is 0 Å². The Bertz CT molecular complexity index is 1290. The second-order valence-corrected chi connectivity index (χ2v) is 7.76. The molecule has 1 aromatic heterocycles. The molecule has 0 radical (unpaired) electrons. The van der Waals surface area contributed by atoms with Gasteiger partial charge in [-0.05, 0) is 42.3 Å². The number of rotatable bonds is 4. The number of carboxylic acid groups (broad SMARTS) is 1. The number of benzene rings is 2. The Morgan fingerprint density at radius 1 is 1.09 bits per heavy atom. The molecule has 1 aliphatic rings. The molecular weight excluding hydrogens is 484 g/mol. The molecule has 35 heavy (non-hydrogen) atoms. The fourth-order valence-corrected chi connectivity index (χ4v) is 4.04. The summed E-state index contributed by atoms with van der Waals surface area (Å²) in [5.41, 5.74) is -0.968. The number of methoxy groups -OCH3 is 1. The third-order valence-electron chi connectivity index (χ3n) is 5.60. The van der Waals surface area contributed by atoms with Crippen LogP contribution in [0.25, 0.3) is 5.69 Å². The first-order chi connectivity index (χ1) is 16.3. The SMILES string of the molecule is COc1cccc([C@H]2O[C@H](CC(=O)O)c3nnc(C(F)(F)F)n3-c3ccc(C(F)(F)F)cc32)c1C. The summed E-state index contributed by atoms with van der Waals surface area (Å²) in [6.45, 7) is 1.60. The summed E-state index contributed by atoms with van der Waals surface area (Å²) in [6, 6.07) is 6.84. The number of hydrogen-bond acceptors (Lipinski definition) is 5. The molecule has 4 rings (SSSR count). The molecule has 0 aliphatic carbocycles. The van der Waals surface area contributed by atoms with Gasteiger partial charge in [0.2, 0.25) is 5.82 Å². The topological polar surface area (TPSA) is 86.5 Å². The van der Waals surface area contributed by atoms with Crippen molar-refractivity contribution in [2.75, 3.05) is 7.11 Å². The second kappa shape index (κ2) is 8.56. The standard InChI is InChI=1S/C22H17F6N3O4/c1-10-12(4-3-5-15(10)34-2)18-13-8-11(21(23,24)25)6-7-14(13)31-19(16(35-18)9-17(32)33)29-30-20(31)22(26,27)28/h3-8,16,18H,9H2,1-2H3,(H,32,33)/t16-,18-/m1/s1. The lowest BCUT2D eigenvalue weighted by Gasteiger charge is -2.24. The van der Waals surface area contributed by atoms with E-state index in [9.17, 15) is 36.2 Å². The Kier molecular flexibility index (Phi) is 5.99. The van der Waals surface area contributed by atoms with Crippen LogP contribution in [0.3, 0.4) is 0 Å². The Balaban J connectivity index is 2.07. The number of nitrogens with zero attached hydrogens (tertiary/aromatic N) is 3. The van der Waals surface area contributed by atoms with Crippen molar-refractivity contribution >= 4 is 5.97 Å². The Morgan fingerprint density at radius 2 is 1.80 bits per heavy atom. The lowest BCUT2D eigenvalue weighted by Crippen LogP contribution is -2.17. The van der Waals surface area contributed by atoms with E-state index in [-0.39, 0.29) is 16.8 Å². The maximum Gasteiger partial charge on any atom is 0.452 e. The molecule has 0 unspecified atom stereocenters. The molecule has 2 atom stereocenters. The molecule has 2 heterocycles. The highest BCUT2D eigenvalue weighted by Crippen LogP contribution is 2.46. The molecule has 0 fully saturated rings. The van der Waals surface area contributed by atoms with Crippen LogP contribution < -0.4 is 4.74 Å². The highest BCUT2D eigenvalue weighted by molar-refractivity contribution is 5.67. The van der Waals surface area contributed by atoms with E-state index in [1.165, 1.54) is 19.2 Å². The van der Waals surface area contributed by atoms with Crippen molar-refractivity contribution in [1.29, 1.82) is 0 Å². The van der Waals surface area contributed by atoms with Crippen LogP contribution in [-0.4, -0.2) is 33.0 Å². The summed E-state index contributed by atoms with van der Waals surface area (Å²) in [5, 5.41) is 16.1. The zero-order valence-electron chi connectivity index (χ0n) is 18.1. The first-order valence-corrected chi connectivity index (χ1v) is 10.1. The molecule has 0 spiro atoms. The van der Waals surface area contributed by atoms with Crippen molar-refractivity contribution in [3.8, 4) is 11.4 Å². The van der Waals surface area contributed by atoms with Gasteiger partial charge in [-0.3, -0.25) is 9.36 Å². The number of fused-ring (bicyclic) bond motifs is 3. The fraction of sp³-hybridized carbons (Fsp3) is 0.318. The highest BCUT2D eigenvalue weighted by atomic mass is 19.4. The highest BCUT2D eigenvalue weighted by Gasteiger charge is 2.44. The summed E-state index contributed by atoms with van der Waals surface area (Å²) in [4.78, 5) is 11.5. The summed E-state index contributed by atoms with van der Waals surface area (Å²) < 4.78 is 93.9. The van der Waals surface area contributed by atoms with Crippen molar-refractivity contribution in [1.82, 2.24) is 14.8 Å². The first kappa shape index (κ1) is 24.5. The summed E-state index contributed by atoms with van der Waals surface area (Å²) >= 11 is 0. The molecule has 2 aromatic carbocycles. The van der Waals surface area contributed by atoms with E-state index in [4.69, 9.17) is 9.47 Å². The monoisotopic (exact) mass is 501 g/mol. The number of halogens is 6. The predicted molar refractivity (Wildman–Crippen MR) is 107 cm³/mol. The van der Waals surface area contributed by atoms with Gasteiger partial charge in [0, 0.05) is 5.56 Å². The minimum atomic E-state index is -5.04.